The van der Waals surface area contributed by atoms with E-state index in [-0.39, 0.29) is 21.9 Å². The van der Waals surface area contributed by atoms with Gasteiger partial charge in [-0.3, -0.25) is 9.35 Å². The van der Waals surface area contributed by atoms with Crippen LogP contribution in [0.4, 0.5) is 22.7 Å². The highest BCUT2D eigenvalue weighted by Crippen LogP contribution is 2.29. The van der Waals surface area contributed by atoms with Crippen molar-refractivity contribution in [3.05, 3.63) is 96.6 Å². The van der Waals surface area contributed by atoms with E-state index in [9.17, 15) is 23.1 Å². The fraction of sp³-hybridized carbons (Fsp3) is 0.0690. The Morgan fingerprint density at radius 1 is 0.814 bits per heavy atom. The first kappa shape index (κ1) is 28.9. The number of benzene rings is 4. The van der Waals surface area contributed by atoms with Crippen LogP contribution in [-0.4, -0.2) is 46.8 Å². The zero-order valence-corrected chi connectivity index (χ0v) is 23.1. The number of phenols is 1. The van der Waals surface area contributed by atoms with Crippen LogP contribution in [0.5, 0.6) is 5.75 Å². The summed E-state index contributed by atoms with van der Waals surface area (Å²) in [4.78, 5) is 23.8. The Labute approximate surface area is 244 Å². The van der Waals surface area contributed by atoms with Gasteiger partial charge < -0.3 is 10.2 Å². The molecule has 5 rings (SSSR count). The van der Waals surface area contributed by atoms with Crippen LogP contribution in [0.2, 0.25) is 0 Å². The number of anilines is 1. The molecule has 0 fully saturated rings. The molecule has 4 aromatic rings. The topological polar surface area (TPSA) is 194 Å². The predicted octanol–water partition coefficient (Wildman–Crippen LogP) is 6.29. The monoisotopic (exact) mass is 598 g/mol. The summed E-state index contributed by atoms with van der Waals surface area (Å²) >= 11 is 0. The van der Waals surface area contributed by atoms with Crippen molar-refractivity contribution in [1.29, 1.82) is 0 Å². The second-order valence-corrected chi connectivity index (χ2v) is 10.7. The molecule has 0 aliphatic carbocycles. The summed E-state index contributed by atoms with van der Waals surface area (Å²) in [5.74, 6) is -2.07. The summed E-state index contributed by atoms with van der Waals surface area (Å²) in [7, 11) is -4.36. The molecule has 1 heterocycles. The first-order valence-corrected chi connectivity index (χ1v) is 14.0. The molecule has 1 aliphatic heterocycles. The van der Waals surface area contributed by atoms with Gasteiger partial charge in [0.25, 0.3) is 16.0 Å². The van der Waals surface area contributed by atoms with Crippen LogP contribution in [0.3, 0.4) is 0 Å². The number of hydrazone groups is 1. The van der Waals surface area contributed by atoms with Crippen molar-refractivity contribution >= 4 is 50.5 Å². The Morgan fingerprint density at radius 3 is 1.91 bits per heavy atom. The summed E-state index contributed by atoms with van der Waals surface area (Å²) < 4.78 is 31.7. The Kier molecular flexibility index (Phi) is 7.88. The number of hydrogen-bond donors (Lipinski definition) is 3. The normalized spacial score (nSPS) is 15.4. The van der Waals surface area contributed by atoms with Crippen molar-refractivity contribution in [2.75, 3.05) is 5.01 Å². The van der Waals surface area contributed by atoms with Gasteiger partial charge in [0.05, 0.1) is 33.4 Å². The number of hydrogen-bond acceptors (Lipinski definition) is 10. The molecular weight excluding hydrogens is 576 g/mol. The number of rotatable bonds is 8. The van der Waals surface area contributed by atoms with Gasteiger partial charge in [-0.1, -0.05) is 24.3 Å². The lowest BCUT2D eigenvalue weighted by Crippen LogP contribution is -2.29. The number of nitrogens with zero attached hydrogens (tertiary/aromatic N) is 6. The van der Waals surface area contributed by atoms with E-state index in [1.54, 1.807) is 31.2 Å². The van der Waals surface area contributed by atoms with Gasteiger partial charge in [-0.2, -0.15) is 39.0 Å². The van der Waals surface area contributed by atoms with Crippen LogP contribution in [0.25, 0.3) is 11.1 Å². The molecule has 0 saturated carbocycles. The molecular formula is C29H22N6O7S. The second-order valence-electron chi connectivity index (χ2n) is 9.28. The summed E-state index contributed by atoms with van der Waals surface area (Å²) in [5.41, 5.74) is 3.59. The number of amides is 1. The van der Waals surface area contributed by atoms with E-state index in [1.807, 2.05) is 24.3 Å². The average Bonchev–Trinajstić information content (AvgIpc) is 3.28. The Morgan fingerprint density at radius 2 is 1.35 bits per heavy atom. The number of carboxylic acids is 1. The number of carbonyl (C=O) groups is 2. The van der Waals surface area contributed by atoms with E-state index in [1.165, 1.54) is 42.5 Å². The smallest absolute Gasteiger partial charge is 0.339 e. The van der Waals surface area contributed by atoms with Gasteiger partial charge >= 0.3 is 5.97 Å². The van der Waals surface area contributed by atoms with E-state index in [0.29, 0.717) is 22.8 Å². The lowest BCUT2D eigenvalue weighted by Gasteiger charge is -2.12. The Bertz CT molecular complexity index is 1900. The molecule has 43 heavy (non-hydrogen) atoms. The first-order valence-electron chi connectivity index (χ1n) is 12.6. The predicted molar refractivity (Wildman–Crippen MR) is 156 cm³/mol. The summed E-state index contributed by atoms with van der Waals surface area (Å²) in [6.07, 6.45) is 0. The minimum Gasteiger partial charge on any atom is -0.507 e. The van der Waals surface area contributed by atoms with Crippen LogP contribution in [0.1, 0.15) is 17.3 Å². The zero-order chi connectivity index (χ0) is 30.7. The minimum absolute atomic E-state index is 0.263. The molecule has 13 nitrogen and oxygen atoms in total. The van der Waals surface area contributed by atoms with Gasteiger partial charge in [0.15, 0.2) is 6.04 Å². The van der Waals surface area contributed by atoms with Gasteiger partial charge in [-0.05, 0) is 84.8 Å². The standard InChI is InChI=1S/C29H22N6O7S/c1-17-27(28(37)35(34-17)23-11-13-24(14-12-23)43(40,41)42)33-31-21-8-4-19(5-9-21)18-2-6-20(7-3-18)30-32-22-10-15-26(36)25(16-22)29(38)39/h2-16,27,36H,1H3,(H,38,39)(H,40,41,42). The van der Waals surface area contributed by atoms with E-state index in [4.69, 9.17) is 9.66 Å². The maximum atomic E-state index is 12.9. The summed E-state index contributed by atoms with van der Waals surface area (Å²) in [6, 6.07) is 22.4. The number of aromatic carboxylic acids is 1. The Hall–Kier alpha value is -5.60. The SMILES string of the molecule is CC1=NN(c2ccc(S(=O)(=O)O)cc2)C(=O)C1N=Nc1ccc(-c2ccc(N=Nc3ccc(O)c(C(=O)O)c3)cc2)cc1. The third kappa shape index (κ3) is 6.50. The lowest BCUT2D eigenvalue weighted by molar-refractivity contribution is -0.117. The molecule has 1 amide bonds. The molecule has 14 heteroatoms. The Balaban J connectivity index is 1.23. The lowest BCUT2D eigenvalue weighted by atomic mass is 10.1. The maximum Gasteiger partial charge on any atom is 0.339 e. The second kappa shape index (κ2) is 11.7. The van der Waals surface area contributed by atoms with Gasteiger partial charge in [-0.25, -0.2) is 4.79 Å². The van der Waals surface area contributed by atoms with Crippen molar-refractivity contribution in [2.45, 2.75) is 17.9 Å². The number of carbonyl (C=O) groups excluding carboxylic acids is 1. The third-order valence-corrected chi connectivity index (χ3v) is 7.19. The van der Waals surface area contributed by atoms with E-state index in [2.05, 4.69) is 25.6 Å². The third-order valence-electron chi connectivity index (χ3n) is 6.32. The van der Waals surface area contributed by atoms with Crippen molar-refractivity contribution in [3.8, 4) is 16.9 Å². The largest absolute Gasteiger partial charge is 0.507 e. The van der Waals surface area contributed by atoms with E-state index < -0.39 is 28.0 Å². The maximum absolute atomic E-state index is 12.9. The number of carboxylic acid groups (broad SMARTS) is 1. The molecule has 0 bridgehead atoms. The van der Waals surface area contributed by atoms with Crippen LogP contribution < -0.4 is 5.01 Å². The van der Waals surface area contributed by atoms with Gasteiger partial charge in [0, 0.05) is 0 Å². The van der Waals surface area contributed by atoms with E-state index in [0.717, 1.165) is 16.1 Å². The number of aromatic hydroxyl groups is 1. The molecule has 0 saturated heterocycles. The summed E-state index contributed by atoms with van der Waals surface area (Å²) in [6.45, 7) is 1.64. The molecule has 1 aliphatic rings. The zero-order valence-electron chi connectivity index (χ0n) is 22.3. The quantitative estimate of drug-likeness (QED) is 0.156. The van der Waals surface area contributed by atoms with Gasteiger partial charge in [0.2, 0.25) is 0 Å². The van der Waals surface area contributed by atoms with Crippen molar-refractivity contribution in [3.63, 3.8) is 0 Å². The molecule has 1 unspecified atom stereocenters. The summed E-state index contributed by atoms with van der Waals surface area (Å²) in [5, 5.41) is 40.6. The molecule has 216 valence electrons. The van der Waals surface area contributed by atoms with Crippen molar-refractivity contribution in [1.82, 2.24) is 0 Å². The molecule has 3 N–H and O–H groups in total. The molecule has 0 aromatic heterocycles. The first-order chi connectivity index (χ1) is 20.5. The van der Waals surface area contributed by atoms with Crippen molar-refractivity contribution in [2.24, 2.45) is 25.6 Å². The van der Waals surface area contributed by atoms with Gasteiger partial charge in [0.1, 0.15) is 11.3 Å². The van der Waals surface area contributed by atoms with Crippen LogP contribution in [0.15, 0.2) is 121 Å². The minimum atomic E-state index is -4.36. The van der Waals surface area contributed by atoms with Gasteiger partial charge in [-0.15, -0.1) is 0 Å². The van der Waals surface area contributed by atoms with Crippen molar-refractivity contribution < 1.29 is 32.8 Å². The highest BCUT2D eigenvalue weighted by Gasteiger charge is 2.34. The molecule has 1 atom stereocenters. The van der Waals surface area contributed by atoms with Crippen LogP contribution >= 0.6 is 0 Å². The van der Waals surface area contributed by atoms with Crippen LogP contribution in [0, 0.1) is 0 Å². The fourth-order valence-electron chi connectivity index (χ4n) is 4.07. The molecule has 4 aromatic carbocycles. The average molecular weight is 599 g/mol. The molecule has 0 radical (unpaired) electrons. The van der Waals surface area contributed by atoms with E-state index >= 15 is 0 Å². The highest BCUT2D eigenvalue weighted by atomic mass is 32.2. The molecule has 0 spiro atoms. The number of azo groups is 2. The fourth-order valence-corrected chi connectivity index (χ4v) is 4.55. The highest BCUT2D eigenvalue weighted by molar-refractivity contribution is 7.85. The van der Waals surface area contributed by atoms with Crippen LogP contribution in [-0.2, 0) is 14.9 Å².